The average molecular weight is 280 g/mol. The van der Waals surface area contributed by atoms with E-state index < -0.39 is 0 Å². The quantitative estimate of drug-likeness (QED) is 0.670. The lowest BCUT2D eigenvalue weighted by molar-refractivity contribution is -0.120. The molecular weight excluding hydrogens is 252 g/mol. The first kappa shape index (κ1) is 16.7. The molecule has 1 aromatic rings. The molecule has 0 aliphatic carbocycles. The van der Waals surface area contributed by atoms with Gasteiger partial charge in [-0.15, -0.1) is 5.10 Å². The molecule has 20 heavy (non-hydrogen) atoms. The van der Waals surface area contributed by atoms with Gasteiger partial charge in [-0.1, -0.05) is 44.7 Å². The zero-order valence-corrected chi connectivity index (χ0v) is 13.1. The molecule has 5 nitrogen and oxygen atoms in total. The summed E-state index contributed by atoms with van der Waals surface area (Å²) in [6.45, 7) is 5.22. The molecule has 0 spiro atoms. The Morgan fingerprint density at radius 1 is 1.20 bits per heavy atom. The molecule has 0 atom stereocenters. The second-order valence-corrected chi connectivity index (χ2v) is 5.61. The van der Waals surface area contributed by atoms with E-state index in [1.165, 1.54) is 19.3 Å². The Kier molecular flexibility index (Phi) is 7.92. The minimum Gasteiger partial charge on any atom is -0.359 e. The van der Waals surface area contributed by atoms with E-state index in [1.807, 2.05) is 10.9 Å². The molecule has 1 heterocycles. The third-order valence-corrected chi connectivity index (χ3v) is 3.47. The summed E-state index contributed by atoms with van der Waals surface area (Å²) in [7, 11) is 1.69. The van der Waals surface area contributed by atoms with Crippen molar-refractivity contribution < 1.29 is 4.79 Å². The number of carbonyl (C=O) groups is 1. The number of hydrogen-bond acceptors (Lipinski definition) is 3. The van der Waals surface area contributed by atoms with Gasteiger partial charge in [0, 0.05) is 26.2 Å². The van der Waals surface area contributed by atoms with Gasteiger partial charge in [0.2, 0.25) is 5.91 Å². The Bertz CT molecular complexity index is 387. The lowest BCUT2D eigenvalue weighted by Crippen LogP contribution is -2.16. The van der Waals surface area contributed by atoms with Crippen molar-refractivity contribution in [2.75, 3.05) is 7.05 Å². The van der Waals surface area contributed by atoms with Crippen LogP contribution in [0.25, 0.3) is 0 Å². The van der Waals surface area contributed by atoms with Crippen LogP contribution in [-0.4, -0.2) is 27.9 Å². The molecule has 0 saturated heterocycles. The van der Waals surface area contributed by atoms with Gasteiger partial charge in [0.15, 0.2) is 0 Å². The average Bonchev–Trinajstić information content (AvgIpc) is 2.90. The van der Waals surface area contributed by atoms with Gasteiger partial charge in [0.05, 0.1) is 5.69 Å². The second kappa shape index (κ2) is 9.50. The molecule has 1 aromatic heterocycles. The summed E-state index contributed by atoms with van der Waals surface area (Å²) >= 11 is 0. The molecule has 1 N–H and O–H groups in total. The van der Waals surface area contributed by atoms with E-state index in [1.54, 1.807) is 7.05 Å². The highest BCUT2D eigenvalue weighted by Crippen LogP contribution is 2.11. The van der Waals surface area contributed by atoms with Crippen LogP contribution in [0.2, 0.25) is 0 Å². The van der Waals surface area contributed by atoms with Crippen LogP contribution in [0.15, 0.2) is 6.20 Å². The second-order valence-electron chi connectivity index (χ2n) is 5.61. The highest BCUT2D eigenvalue weighted by Gasteiger charge is 2.04. The number of unbranched alkanes of at least 4 members (excludes halogenated alkanes) is 5. The Morgan fingerprint density at radius 3 is 2.45 bits per heavy atom. The number of aryl methyl sites for hydroxylation is 1. The first-order valence-corrected chi connectivity index (χ1v) is 7.74. The Labute approximate surface area is 122 Å². The maximum absolute atomic E-state index is 11.0. The van der Waals surface area contributed by atoms with Crippen LogP contribution in [-0.2, 0) is 11.3 Å². The Hall–Kier alpha value is -1.39. The third-order valence-electron chi connectivity index (χ3n) is 3.47. The van der Waals surface area contributed by atoms with Crippen LogP contribution >= 0.6 is 0 Å². The van der Waals surface area contributed by atoms with E-state index in [0.29, 0.717) is 12.3 Å². The molecule has 1 rings (SSSR count). The Morgan fingerprint density at radius 2 is 1.85 bits per heavy atom. The van der Waals surface area contributed by atoms with Crippen LogP contribution in [0, 0.1) is 0 Å². The summed E-state index contributed by atoms with van der Waals surface area (Å²) in [4.78, 5) is 11.0. The summed E-state index contributed by atoms with van der Waals surface area (Å²) in [5, 5.41) is 10.9. The highest BCUT2D eigenvalue weighted by atomic mass is 16.1. The van der Waals surface area contributed by atoms with Crippen LogP contribution in [0.3, 0.4) is 0 Å². The van der Waals surface area contributed by atoms with Crippen LogP contribution in [0.4, 0.5) is 0 Å². The van der Waals surface area contributed by atoms with Crippen molar-refractivity contribution in [1.82, 2.24) is 20.3 Å². The van der Waals surface area contributed by atoms with E-state index in [-0.39, 0.29) is 5.91 Å². The number of aromatic nitrogens is 3. The lowest BCUT2D eigenvalue weighted by atomic mass is 10.1. The zero-order valence-electron chi connectivity index (χ0n) is 13.1. The molecule has 0 saturated carbocycles. The zero-order chi connectivity index (χ0) is 14.8. The fourth-order valence-corrected chi connectivity index (χ4v) is 2.08. The van der Waals surface area contributed by atoms with E-state index in [0.717, 1.165) is 31.5 Å². The standard InChI is InChI=1S/C15H28N4O/c1-13(2)14-12-19(18-17-14)11-9-7-5-4-6-8-10-15(20)16-3/h12-13H,4-11H2,1-3H3,(H,16,20). The SMILES string of the molecule is CNC(=O)CCCCCCCCn1cc(C(C)C)nn1. The van der Waals surface area contributed by atoms with Crippen molar-refractivity contribution >= 4 is 5.91 Å². The number of amides is 1. The fraction of sp³-hybridized carbons (Fsp3) is 0.800. The van der Waals surface area contributed by atoms with Crippen molar-refractivity contribution in [2.24, 2.45) is 0 Å². The first-order chi connectivity index (χ1) is 9.63. The molecule has 0 radical (unpaired) electrons. The molecule has 0 aliphatic heterocycles. The lowest BCUT2D eigenvalue weighted by Gasteiger charge is -2.02. The minimum atomic E-state index is 0.150. The molecule has 114 valence electrons. The monoisotopic (exact) mass is 280 g/mol. The first-order valence-electron chi connectivity index (χ1n) is 7.74. The van der Waals surface area contributed by atoms with Crippen molar-refractivity contribution in [3.05, 3.63) is 11.9 Å². The van der Waals surface area contributed by atoms with Gasteiger partial charge in [-0.05, 0) is 18.8 Å². The van der Waals surface area contributed by atoms with Crippen molar-refractivity contribution in [2.45, 2.75) is 71.3 Å². The van der Waals surface area contributed by atoms with E-state index in [4.69, 9.17) is 0 Å². The molecule has 1 amide bonds. The van der Waals surface area contributed by atoms with Gasteiger partial charge >= 0.3 is 0 Å². The molecular formula is C15H28N4O. The van der Waals surface area contributed by atoms with Crippen molar-refractivity contribution in [3.8, 4) is 0 Å². The molecule has 0 aromatic carbocycles. The minimum absolute atomic E-state index is 0.150. The summed E-state index contributed by atoms with van der Waals surface area (Å²) in [6, 6.07) is 0. The van der Waals surface area contributed by atoms with Gasteiger partial charge in [-0.3, -0.25) is 9.48 Å². The van der Waals surface area contributed by atoms with Crippen LogP contribution in [0.5, 0.6) is 0 Å². The molecule has 5 heteroatoms. The van der Waals surface area contributed by atoms with Gasteiger partial charge in [0.1, 0.15) is 0 Å². The number of carbonyl (C=O) groups excluding carboxylic acids is 1. The maximum Gasteiger partial charge on any atom is 0.219 e. The molecule has 0 unspecified atom stereocenters. The highest BCUT2D eigenvalue weighted by molar-refractivity contribution is 5.75. The summed E-state index contributed by atoms with van der Waals surface area (Å²) in [6.07, 6.45) is 9.68. The smallest absolute Gasteiger partial charge is 0.219 e. The predicted octanol–water partition coefficient (Wildman–Crippen LogP) is 2.88. The summed E-state index contributed by atoms with van der Waals surface area (Å²) in [5.41, 5.74) is 1.07. The van der Waals surface area contributed by atoms with Crippen molar-refractivity contribution in [3.63, 3.8) is 0 Å². The molecule has 0 aliphatic rings. The third kappa shape index (κ3) is 6.68. The van der Waals surface area contributed by atoms with E-state index >= 15 is 0 Å². The number of nitrogens with one attached hydrogen (secondary N) is 1. The van der Waals surface area contributed by atoms with E-state index in [2.05, 4.69) is 29.5 Å². The van der Waals surface area contributed by atoms with Crippen LogP contribution < -0.4 is 5.32 Å². The topological polar surface area (TPSA) is 59.8 Å². The summed E-state index contributed by atoms with van der Waals surface area (Å²) < 4.78 is 1.95. The number of hydrogen-bond donors (Lipinski definition) is 1. The van der Waals surface area contributed by atoms with Crippen molar-refractivity contribution in [1.29, 1.82) is 0 Å². The van der Waals surface area contributed by atoms with Gasteiger partial charge in [-0.25, -0.2) is 0 Å². The normalized spacial score (nSPS) is 11.0. The predicted molar refractivity (Wildman–Crippen MR) is 80.5 cm³/mol. The van der Waals surface area contributed by atoms with Crippen LogP contribution in [0.1, 0.15) is 70.4 Å². The van der Waals surface area contributed by atoms with E-state index in [9.17, 15) is 4.79 Å². The maximum atomic E-state index is 11.0. The Balaban J connectivity index is 1.98. The molecule has 0 fully saturated rings. The fourth-order valence-electron chi connectivity index (χ4n) is 2.08. The van der Waals surface area contributed by atoms with Gasteiger partial charge < -0.3 is 5.32 Å². The number of rotatable bonds is 10. The largest absolute Gasteiger partial charge is 0.359 e. The summed E-state index contributed by atoms with van der Waals surface area (Å²) in [5.74, 6) is 0.598. The molecule has 0 bridgehead atoms. The van der Waals surface area contributed by atoms with Gasteiger partial charge in [-0.2, -0.15) is 0 Å². The number of nitrogens with zero attached hydrogens (tertiary/aromatic N) is 3. The van der Waals surface area contributed by atoms with Gasteiger partial charge in [0.25, 0.3) is 0 Å².